The maximum Gasteiger partial charge on any atom is 0.246 e. The molecule has 19 heavy (non-hydrogen) atoms. The van der Waals surface area contributed by atoms with Gasteiger partial charge in [-0.2, -0.15) is 0 Å². The van der Waals surface area contributed by atoms with Crippen LogP contribution in [0.15, 0.2) is 0 Å². The Kier molecular flexibility index (Phi) is 4.48. The van der Waals surface area contributed by atoms with Gasteiger partial charge in [0.1, 0.15) is 12.1 Å². The summed E-state index contributed by atoms with van der Waals surface area (Å²) in [6, 6.07) is -0.525. The second kappa shape index (κ2) is 5.93. The Bertz CT molecular complexity index is 350. The van der Waals surface area contributed by atoms with Crippen molar-refractivity contribution in [2.24, 2.45) is 11.8 Å². The van der Waals surface area contributed by atoms with E-state index in [2.05, 4.69) is 12.2 Å². The number of nitrogens with one attached hydrogen (secondary N) is 1. The van der Waals surface area contributed by atoms with Crippen molar-refractivity contribution in [1.82, 2.24) is 10.2 Å². The minimum absolute atomic E-state index is 0.0444. The van der Waals surface area contributed by atoms with Crippen molar-refractivity contribution < 1.29 is 9.59 Å². The molecule has 2 aliphatic rings. The molecule has 2 fully saturated rings. The Morgan fingerprint density at radius 3 is 2.47 bits per heavy atom. The quantitative estimate of drug-likeness (QED) is 0.747. The molecule has 1 saturated heterocycles. The van der Waals surface area contributed by atoms with Crippen LogP contribution in [-0.4, -0.2) is 35.3 Å². The van der Waals surface area contributed by atoms with E-state index in [-0.39, 0.29) is 29.8 Å². The third kappa shape index (κ3) is 3.10. The van der Waals surface area contributed by atoms with Crippen molar-refractivity contribution in [3.8, 4) is 0 Å². The molecule has 1 saturated carbocycles. The van der Waals surface area contributed by atoms with Crippen molar-refractivity contribution in [2.45, 2.75) is 65.0 Å². The lowest BCUT2D eigenvalue weighted by atomic mass is 9.95. The molecule has 2 amide bonds. The summed E-state index contributed by atoms with van der Waals surface area (Å²) in [5, 5.41) is 2.95. The van der Waals surface area contributed by atoms with E-state index in [1.807, 2.05) is 18.7 Å². The number of piperazine rings is 1. The van der Waals surface area contributed by atoms with E-state index in [1.54, 1.807) is 0 Å². The molecule has 108 valence electrons. The molecular formula is C15H26N2O2. The van der Waals surface area contributed by atoms with E-state index in [9.17, 15) is 9.59 Å². The first kappa shape index (κ1) is 14.4. The third-order valence-electron chi connectivity index (χ3n) is 4.18. The highest BCUT2D eigenvalue weighted by atomic mass is 16.2. The van der Waals surface area contributed by atoms with Gasteiger partial charge in [-0.05, 0) is 31.1 Å². The van der Waals surface area contributed by atoms with E-state index >= 15 is 0 Å². The minimum Gasteiger partial charge on any atom is -0.342 e. The third-order valence-corrected chi connectivity index (χ3v) is 4.18. The number of nitrogens with zero attached hydrogens (tertiary/aromatic N) is 1. The number of hydrogen-bond donors (Lipinski definition) is 1. The number of hydrogen-bond acceptors (Lipinski definition) is 2. The molecule has 0 radical (unpaired) electrons. The fraction of sp³-hybridized carbons (Fsp3) is 0.867. The lowest BCUT2D eigenvalue weighted by Gasteiger charge is -2.41. The molecule has 0 aromatic carbocycles. The molecule has 2 atom stereocenters. The standard InChI is InChI=1S/C15H26N2O2/c1-4-5-6-9-17-13(10(2)3)14(18)16-12(15(17)19)11-7-8-11/h10-13H,4-9H2,1-3H3,(H,16,18). The number of unbranched alkanes of at least 4 members (excludes halogenated alkanes) is 2. The van der Waals surface area contributed by atoms with Crippen LogP contribution in [0.3, 0.4) is 0 Å². The van der Waals surface area contributed by atoms with E-state index in [1.165, 1.54) is 0 Å². The van der Waals surface area contributed by atoms with E-state index < -0.39 is 0 Å². The summed E-state index contributed by atoms with van der Waals surface area (Å²) in [6.45, 7) is 6.91. The van der Waals surface area contributed by atoms with Crippen LogP contribution in [0.5, 0.6) is 0 Å². The average Bonchev–Trinajstić information content (AvgIpc) is 3.16. The van der Waals surface area contributed by atoms with E-state index in [0.29, 0.717) is 5.92 Å². The van der Waals surface area contributed by atoms with Crippen LogP contribution in [0, 0.1) is 11.8 Å². The Morgan fingerprint density at radius 1 is 1.26 bits per heavy atom. The highest BCUT2D eigenvalue weighted by Crippen LogP contribution is 2.35. The van der Waals surface area contributed by atoms with Gasteiger partial charge in [-0.15, -0.1) is 0 Å². The predicted molar refractivity (Wildman–Crippen MR) is 74.5 cm³/mol. The minimum atomic E-state index is -0.278. The zero-order valence-corrected chi connectivity index (χ0v) is 12.3. The summed E-state index contributed by atoms with van der Waals surface area (Å²) < 4.78 is 0. The van der Waals surface area contributed by atoms with Gasteiger partial charge in [-0.3, -0.25) is 9.59 Å². The fourth-order valence-corrected chi connectivity index (χ4v) is 2.95. The summed E-state index contributed by atoms with van der Waals surface area (Å²) in [4.78, 5) is 26.7. The predicted octanol–water partition coefficient (Wildman–Crippen LogP) is 1.94. The van der Waals surface area contributed by atoms with E-state index in [4.69, 9.17) is 0 Å². The Balaban J connectivity index is 2.09. The van der Waals surface area contributed by atoms with Crippen LogP contribution >= 0.6 is 0 Å². The maximum atomic E-state index is 12.6. The molecule has 4 heteroatoms. The smallest absolute Gasteiger partial charge is 0.246 e. The van der Waals surface area contributed by atoms with Gasteiger partial charge < -0.3 is 10.2 Å². The number of amides is 2. The topological polar surface area (TPSA) is 49.4 Å². The molecule has 0 aromatic rings. The van der Waals surface area contributed by atoms with Gasteiger partial charge in [0.2, 0.25) is 11.8 Å². The van der Waals surface area contributed by atoms with Gasteiger partial charge >= 0.3 is 0 Å². The van der Waals surface area contributed by atoms with Crippen LogP contribution in [0.4, 0.5) is 0 Å². The van der Waals surface area contributed by atoms with Crippen molar-refractivity contribution in [2.75, 3.05) is 6.54 Å². The number of carbonyl (C=O) groups excluding carboxylic acids is 2. The van der Waals surface area contributed by atoms with Crippen LogP contribution in [0.25, 0.3) is 0 Å². The van der Waals surface area contributed by atoms with Gasteiger partial charge in [0, 0.05) is 6.54 Å². The van der Waals surface area contributed by atoms with Crippen LogP contribution in [-0.2, 0) is 9.59 Å². The normalized spacial score (nSPS) is 27.9. The van der Waals surface area contributed by atoms with Crippen LogP contribution in [0.1, 0.15) is 52.9 Å². The molecule has 0 spiro atoms. The van der Waals surface area contributed by atoms with Crippen molar-refractivity contribution >= 4 is 11.8 Å². The Labute approximate surface area is 115 Å². The lowest BCUT2D eigenvalue weighted by Crippen LogP contribution is -2.65. The summed E-state index contributed by atoms with van der Waals surface area (Å²) in [5.41, 5.74) is 0. The lowest BCUT2D eigenvalue weighted by molar-refractivity contribution is -0.151. The maximum absolute atomic E-state index is 12.6. The number of carbonyl (C=O) groups is 2. The first-order valence-corrected chi connectivity index (χ1v) is 7.67. The van der Waals surface area contributed by atoms with Crippen molar-refractivity contribution in [3.05, 3.63) is 0 Å². The Morgan fingerprint density at radius 2 is 1.95 bits per heavy atom. The second-order valence-corrected chi connectivity index (χ2v) is 6.25. The fourth-order valence-electron chi connectivity index (χ4n) is 2.95. The molecule has 2 unspecified atom stereocenters. The first-order valence-electron chi connectivity index (χ1n) is 7.67. The highest BCUT2D eigenvalue weighted by Gasteiger charge is 2.47. The second-order valence-electron chi connectivity index (χ2n) is 6.25. The van der Waals surface area contributed by atoms with Gasteiger partial charge in [-0.25, -0.2) is 0 Å². The molecule has 1 aliphatic heterocycles. The van der Waals surface area contributed by atoms with Crippen LogP contribution < -0.4 is 5.32 Å². The van der Waals surface area contributed by atoms with Gasteiger partial charge in [0.15, 0.2) is 0 Å². The summed E-state index contributed by atoms with van der Waals surface area (Å²) >= 11 is 0. The SMILES string of the molecule is CCCCCN1C(=O)C(C2CC2)NC(=O)C1C(C)C. The summed E-state index contributed by atoms with van der Waals surface area (Å²) in [7, 11) is 0. The van der Waals surface area contributed by atoms with Gasteiger partial charge in [-0.1, -0.05) is 33.6 Å². The largest absolute Gasteiger partial charge is 0.342 e. The van der Waals surface area contributed by atoms with Crippen molar-refractivity contribution in [1.29, 1.82) is 0 Å². The van der Waals surface area contributed by atoms with Gasteiger partial charge in [0.05, 0.1) is 0 Å². The average molecular weight is 266 g/mol. The molecule has 1 aliphatic carbocycles. The summed E-state index contributed by atoms with van der Waals surface area (Å²) in [6.07, 6.45) is 5.39. The van der Waals surface area contributed by atoms with Crippen LogP contribution in [0.2, 0.25) is 0 Å². The molecule has 1 heterocycles. The monoisotopic (exact) mass is 266 g/mol. The highest BCUT2D eigenvalue weighted by molar-refractivity contribution is 5.97. The zero-order valence-electron chi connectivity index (χ0n) is 12.3. The molecule has 0 aromatic heterocycles. The molecule has 0 bridgehead atoms. The zero-order chi connectivity index (χ0) is 14.0. The van der Waals surface area contributed by atoms with E-state index in [0.717, 1.165) is 38.6 Å². The molecule has 2 rings (SSSR count). The number of rotatable bonds is 6. The summed E-state index contributed by atoms with van der Waals surface area (Å²) in [5.74, 6) is 0.754. The van der Waals surface area contributed by atoms with Crippen molar-refractivity contribution in [3.63, 3.8) is 0 Å². The first-order chi connectivity index (χ1) is 9.06. The Hall–Kier alpha value is -1.06. The van der Waals surface area contributed by atoms with Gasteiger partial charge in [0.25, 0.3) is 0 Å². The molecule has 1 N–H and O–H groups in total. The molecule has 4 nitrogen and oxygen atoms in total. The molecular weight excluding hydrogens is 240 g/mol.